The Balaban J connectivity index is 1.68. The first-order chi connectivity index (χ1) is 13.5. The zero-order valence-electron chi connectivity index (χ0n) is 15.5. The van der Waals surface area contributed by atoms with E-state index in [0.717, 1.165) is 22.5 Å². The number of aryl methyl sites for hydroxylation is 1. The van der Waals surface area contributed by atoms with Gasteiger partial charge in [-0.25, -0.2) is 13.4 Å². The molecule has 2 aromatic carbocycles. The average molecular weight is 393 g/mol. The lowest BCUT2D eigenvalue weighted by molar-refractivity contribution is 0.403. The third-order valence-corrected chi connectivity index (χ3v) is 5.81. The minimum absolute atomic E-state index is 0.0890. The molecule has 0 bridgehead atoms. The molecule has 142 valence electrons. The third-order valence-electron chi connectivity index (χ3n) is 4.38. The van der Waals surface area contributed by atoms with Gasteiger partial charge in [-0.15, -0.1) is 0 Å². The molecule has 6 nitrogen and oxygen atoms in total. The van der Waals surface area contributed by atoms with E-state index in [1.165, 1.54) is 13.2 Å². The van der Waals surface area contributed by atoms with Crippen LogP contribution in [0.1, 0.15) is 5.56 Å². The van der Waals surface area contributed by atoms with Crippen LogP contribution in [0.5, 0.6) is 5.75 Å². The van der Waals surface area contributed by atoms with E-state index in [9.17, 15) is 8.42 Å². The fourth-order valence-electron chi connectivity index (χ4n) is 3.02. The fourth-order valence-corrected chi connectivity index (χ4v) is 4.24. The number of sulfonamides is 1. The van der Waals surface area contributed by atoms with Gasteiger partial charge in [-0.05, 0) is 48.9 Å². The minimum atomic E-state index is -3.79. The van der Waals surface area contributed by atoms with Crippen molar-refractivity contribution in [3.63, 3.8) is 0 Å². The molecule has 7 heteroatoms. The Morgan fingerprint density at radius 2 is 1.86 bits per heavy atom. The summed E-state index contributed by atoms with van der Waals surface area (Å²) in [5.74, 6) is 0.293. The quantitative estimate of drug-likeness (QED) is 0.554. The number of ether oxygens (including phenoxy) is 1. The van der Waals surface area contributed by atoms with Gasteiger partial charge < -0.3 is 9.14 Å². The van der Waals surface area contributed by atoms with Crippen molar-refractivity contribution in [1.29, 1.82) is 0 Å². The molecule has 2 aromatic heterocycles. The van der Waals surface area contributed by atoms with Gasteiger partial charge in [-0.3, -0.25) is 4.72 Å². The summed E-state index contributed by atoms with van der Waals surface area (Å²) in [5.41, 5.74) is 4.01. The summed E-state index contributed by atoms with van der Waals surface area (Å²) in [5, 5.41) is 0. The van der Waals surface area contributed by atoms with Crippen LogP contribution in [0, 0.1) is 6.92 Å². The van der Waals surface area contributed by atoms with Crippen molar-refractivity contribution in [1.82, 2.24) is 9.38 Å². The normalized spacial score (nSPS) is 11.5. The van der Waals surface area contributed by atoms with E-state index in [-0.39, 0.29) is 4.90 Å². The van der Waals surface area contributed by atoms with Crippen LogP contribution in [0.15, 0.2) is 78.0 Å². The van der Waals surface area contributed by atoms with Crippen LogP contribution in [-0.2, 0) is 10.0 Å². The number of anilines is 1. The maximum Gasteiger partial charge on any atom is 0.265 e. The van der Waals surface area contributed by atoms with Crippen LogP contribution >= 0.6 is 0 Å². The number of fused-ring (bicyclic) bond motifs is 1. The van der Waals surface area contributed by atoms with Crippen molar-refractivity contribution in [3.8, 4) is 17.0 Å². The van der Waals surface area contributed by atoms with Crippen molar-refractivity contribution in [2.45, 2.75) is 11.8 Å². The molecule has 0 spiro atoms. The Bertz CT molecular complexity index is 1260. The zero-order chi connectivity index (χ0) is 19.7. The number of nitrogens with one attached hydrogen (secondary N) is 1. The van der Waals surface area contributed by atoms with Crippen molar-refractivity contribution in [2.24, 2.45) is 0 Å². The average Bonchev–Trinajstić information content (AvgIpc) is 3.11. The van der Waals surface area contributed by atoms with E-state index < -0.39 is 10.0 Å². The second kappa shape index (κ2) is 7.01. The zero-order valence-corrected chi connectivity index (χ0v) is 16.3. The van der Waals surface area contributed by atoms with Gasteiger partial charge >= 0.3 is 0 Å². The van der Waals surface area contributed by atoms with E-state index in [1.54, 1.807) is 36.4 Å². The first-order valence-corrected chi connectivity index (χ1v) is 10.2. The topological polar surface area (TPSA) is 72.7 Å². The minimum Gasteiger partial charge on any atom is -0.495 e. The highest BCUT2D eigenvalue weighted by atomic mass is 32.2. The highest BCUT2D eigenvalue weighted by Gasteiger charge is 2.19. The largest absolute Gasteiger partial charge is 0.495 e. The van der Waals surface area contributed by atoms with Crippen molar-refractivity contribution >= 4 is 21.4 Å². The van der Waals surface area contributed by atoms with Crippen LogP contribution in [-0.4, -0.2) is 24.9 Å². The third kappa shape index (κ3) is 3.44. The Morgan fingerprint density at radius 3 is 2.68 bits per heavy atom. The van der Waals surface area contributed by atoms with Crippen LogP contribution in [0.3, 0.4) is 0 Å². The number of pyridine rings is 1. The predicted molar refractivity (Wildman–Crippen MR) is 109 cm³/mol. The maximum atomic E-state index is 12.8. The monoisotopic (exact) mass is 393 g/mol. The van der Waals surface area contributed by atoms with Gasteiger partial charge in [0.1, 0.15) is 16.3 Å². The highest BCUT2D eigenvalue weighted by molar-refractivity contribution is 7.92. The van der Waals surface area contributed by atoms with E-state index in [0.29, 0.717) is 11.4 Å². The lowest BCUT2D eigenvalue weighted by Crippen LogP contribution is -2.14. The van der Waals surface area contributed by atoms with E-state index in [2.05, 4.69) is 9.71 Å². The first kappa shape index (κ1) is 18.1. The fraction of sp³-hybridized carbons (Fsp3) is 0.0952. The van der Waals surface area contributed by atoms with Gasteiger partial charge in [-0.1, -0.05) is 24.3 Å². The van der Waals surface area contributed by atoms with Crippen LogP contribution < -0.4 is 9.46 Å². The SMILES string of the molecule is COc1ccccc1S(=O)(=O)Nc1cccc(-c2cn3ccc(C)cc3n2)c1. The molecule has 0 fully saturated rings. The maximum absolute atomic E-state index is 12.8. The molecule has 4 aromatic rings. The molecule has 0 aliphatic heterocycles. The summed E-state index contributed by atoms with van der Waals surface area (Å²) in [7, 11) is -2.34. The van der Waals surface area contributed by atoms with Crippen LogP contribution in [0.4, 0.5) is 5.69 Å². The molecule has 2 heterocycles. The number of hydrogen-bond acceptors (Lipinski definition) is 4. The van der Waals surface area contributed by atoms with E-state index in [1.807, 2.05) is 41.9 Å². The smallest absolute Gasteiger partial charge is 0.265 e. The second-order valence-electron chi connectivity index (χ2n) is 6.43. The number of hydrogen-bond donors (Lipinski definition) is 1. The standard InChI is InChI=1S/C21H19N3O3S/c1-15-10-11-24-14-18(22-21(24)12-15)16-6-5-7-17(13-16)23-28(25,26)20-9-4-3-8-19(20)27-2/h3-14,23H,1-2H3. The number of para-hydroxylation sites is 1. The summed E-state index contributed by atoms with van der Waals surface area (Å²) in [6, 6.07) is 17.7. The van der Waals surface area contributed by atoms with Gasteiger partial charge in [0.05, 0.1) is 12.8 Å². The Kier molecular flexibility index (Phi) is 4.52. The van der Waals surface area contributed by atoms with Gasteiger partial charge in [0.2, 0.25) is 0 Å². The van der Waals surface area contributed by atoms with Crippen LogP contribution in [0.25, 0.3) is 16.9 Å². The lowest BCUT2D eigenvalue weighted by Gasteiger charge is -2.12. The van der Waals surface area contributed by atoms with Crippen molar-refractivity contribution in [3.05, 3.63) is 78.6 Å². The second-order valence-corrected chi connectivity index (χ2v) is 8.08. The predicted octanol–water partition coefficient (Wildman–Crippen LogP) is 4.12. The Hall–Kier alpha value is -3.32. The molecular formula is C21H19N3O3S. The number of imidazole rings is 1. The molecule has 0 unspecified atom stereocenters. The molecule has 0 saturated heterocycles. The number of benzene rings is 2. The van der Waals surface area contributed by atoms with Gasteiger partial charge in [-0.2, -0.15) is 0 Å². The summed E-state index contributed by atoms with van der Waals surface area (Å²) in [6.45, 7) is 2.02. The van der Waals surface area contributed by atoms with Crippen molar-refractivity contribution < 1.29 is 13.2 Å². The van der Waals surface area contributed by atoms with Crippen LogP contribution in [0.2, 0.25) is 0 Å². The molecule has 0 radical (unpaired) electrons. The molecule has 4 rings (SSSR count). The molecule has 0 aliphatic rings. The van der Waals surface area contributed by atoms with Gasteiger partial charge in [0.25, 0.3) is 10.0 Å². The van der Waals surface area contributed by atoms with Crippen molar-refractivity contribution in [2.75, 3.05) is 11.8 Å². The number of methoxy groups -OCH3 is 1. The molecule has 0 aliphatic carbocycles. The number of aromatic nitrogens is 2. The molecule has 28 heavy (non-hydrogen) atoms. The summed E-state index contributed by atoms with van der Waals surface area (Å²) in [4.78, 5) is 4.72. The Labute approximate surface area is 163 Å². The van der Waals surface area contributed by atoms with E-state index >= 15 is 0 Å². The Morgan fingerprint density at radius 1 is 1.04 bits per heavy atom. The summed E-state index contributed by atoms with van der Waals surface area (Å²) in [6.07, 6.45) is 3.87. The number of rotatable bonds is 5. The molecule has 0 atom stereocenters. The first-order valence-electron chi connectivity index (χ1n) is 8.68. The number of nitrogens with zero attached hydrogens (tertiary/aromatic N) is 2. The summed E-state index contributed by atoms with van der Waals surface area (Å²) >= 11 is 0. The van der Waals surface area contributed by atoms with Gasteiger partial charge in [0.15, 0.2) is 0 Å². The molecule has 0 amide bonds. The molecule has 1 N–H and O–H groups in total. The van der Waals surface area contributed by atoms with Gasteiger partial charge in [0, 0.05) is 23.6 Å². The molecule has 0 saturated carbocycles. The highest BCUT2D eigenvalue weighted by Crippen LogP contribution is 2.27. The molecular weight excluding hydrogens is 374 g/mol. The summed E-state index contributed by atoms with van der Waals surface area (Å²) < 4.78 is 35.3. The lowest BCUT2D eigenvalue weighted by atomic mass is 10.1. The van der Waals surface area contributed by atoms with E-state index in [4.69, 9.17) is 4.74 Å².